The van der Waals surface area contributed by atoms with Crippen molar-refractivity contribution in [3.63, 3.8) is 0 Å². The number of hydrogen-bond acceptors (Lipinski definition) is 3. The first kappa shape index (κ1) is 16.8. The van der Waals surface area contributed by atoms with Crippen LogP contribution >= 0.6 is 0 Å². The normalized spacial score (nSPS) is 22.5. The summed E-state index contributed by atoms with van der Waals surface area (Å²) in [7, 11) is 1.85. The molecule has 1 aromatic rings. The number of aromatic nitrogens is 3. The Labute approximate surface area is 133 Å². The highest BCUT2D eigenvalue weighted by molar-refractivity contribution is 5.79. The first-order valence-corrected chi connectivity index (χ1v) is 8.61. The van der Waals surface area contributed by atoms with Gasteiger partial charge in [0.05, 0.1) is 0 Å². The number of rotatable bonds is 7. The van der Waals surface area contributed by atoms with Gasteiger partial charge in [0.2, 0.25) is 0 Å². The summed E-state index contributed by atoms with van der Waals surface area (Å²) < 4.78 is 2.01. The van der Waals surface area contributed by atoms with Crippen LogP contribution in [0, 0.1) is 5.92 Å². The van der Waals surface area contributed by atoms with Crippen molar-refractivity contribution in [1.82, 2.24) is 25.4 Å². The lowest BCUT2D eigenvalue weighted by Gasteiger charge is -2.30. The lowest BCUT2D eigenvalue weighted by molar-refractivity contribution is 0.298. The molecule has 0 bridgehead atoms. The van der Waals surface area contributed by atoms with Crippen molar-refractivity contribution in [2.75, 3.05) is 13.6 Å². The fourth-order valence-corrected chi connectivity index (χ4v) is 3.14. The van der Waals surface area contributed by atoms with Gasteiger partial charge in [-0.1, -0.05) is 26.2 Å². The van der Waals surface area contributed by atoms with E-state index < -0.39 is 0 Å². The van der Waals surface area contributed by atoms with Crippen molar-refractivity contribution in [2.45, 2.75) is 64.5 Å². The highest BCUT2D eigenvalue weighted by atomic mass is 15.2. The minimum absolute atomic E-state index is 0.585. The Morgan fingerprint density at radius 3 is 2.82 bits per heavy atom. The molecule has 2 rings (SSSR count). The third-order valence-corrected chi connectivity index (χ3v) is 4.53. The Kier molecular flexibility index (Phi) is 7.19. The highest BCUT2D eigenvalue weighted by Crippen LogP contribution is 2.26. The molecule has 0 amide bonds. The summed E-state index contributed by atoms with van der Waals surface area (Å²) >= 11 is 0. The van der Waals surface area contributed by atoms with Gasteiger partial charge in [0.15, 0.2) is 5.96 Å². The van der Waals surface area contributed by atoms with E-state index in [-0.39, 0.29) is 0 Å². The van der Waals surface area contributed by atoms with E-state index in [1.807, 2.05) is 11.6 Å². The van der Waals surface area contributed by atoms with E-state index in [0.717, 1.165) is 37.8 Å². The number of guanidine groups is 1. The Balaban J connectivity index is 1.60. The fraction of sp³-hybridized carbons (Fsp3) is 0.812. The lowest BCUT2D eigenvalue weighted by atomic mass is 9.84. The topological polar surface area (TPSA) is 67.1 Å². The summed E-state index contributed by atoms with van der Waals surface area (Å²) in [5, 5.41) is 14.6. The van der Waals surface area contributed by atoms with Crippen LogP contribution in [0.2, 0.25) is 0 Å². The van der Waals surface area contributed by atoms with E-state index in [1.165, 1.54) is 32.1 Å². The van der Waals surface area contributed by atoms with E-state index >= 15 is 0 Å². The van der Waals surface area contributed by atoms with Crippen LogP contribution < -0.4 is 10.6 Å². The van der Waals surface area contributed by atoms with Crippen LogP contribution in [-0.2, 0) is 6.54 Å². The predicted octanol–water partition coefficient (Wildman–Crippen LogP) is 2.19. The van der Waals surface area contributed by atoms with Crippen molar-refractivity contribution >= 4 is 5.96 Å². The maximum atomic E-state index is 4.35. The smallest absolute Gasteiger partial charge is 0.191 e. The van der Waals surface area contributed by atoms with Gasteiger partial charge in [-0.05, 0) is 31.6 Å². The number of nitrogens with zero attached hydrogens (tertiary/aromatic N) is 4. The largest absolute Gasteiger partial charge is 0.356 e. The molecule has 1 fully saturated rings. The van der Waals surface area contributed by atoms with E-state index in [2.05, 4.69) is 32.7 Å². The zero-order valence-electron chi connectivity index (χ0n) is 14.0. The second-order valence-corrected chi connectivity index (χ2v) is 6.19. The average Bonchev–Trinajstić information content (AvgIpc) is 3.07. The summed E-state index contributed by atoms with van der Waals surface area (Å²) in [6.07, 6.45) is 12.3. The molecular formula is C16H30N6. The summed E-state index contributed by atoms with van der Waals surface area (Å²) in [6.45, 7) is 4.23. The minimum atomic E-state index is 0.585. The van der Waals surface area contributed by atoms with Gasteiger partial charge in [-0.3, -0.25) is 4.99 Å². The minimum Gasteiger partial charge on any atom is -0.356 e. The van der Waals surface area contributed by atoms with Crippen LogP contribution in [0.4, 0.5) is 0 Å². The van der Waals surface area contributed by atoms with Crippen molar-refractivity contribution in [3.05, 3.63) is 12.7 Å². The van der Waals surface area contributed by atoms with Gasteiger partial charge in [-0.15, -0.1) is 10.2 Å². The van der Waals surface area contributed by atoms with Crippen molar-refractivity contribution in [3.8, 4) is 0 Å². The standard InChI is InChI=1S/C16H30N6/c1-3-14-7-6-8-15(11-14)21-16(17-2)18-9-4-5-10-22-12-19-20-13-22/h12-15H,3-11H2,1-2H3,(H2,17,18,21). The summed E-state index contributed by atoms with van der Waals surface area (Å²) in [6, 6.07) is 0.585. The van der Waals surface area contributed by atoms with Crippen LogP contribution in [0.25, 0.3) is 0 Å². The first-order chi connectivity index (χ1) is 10.8. The number of hydrogen-bond donors (Lipinski definition) is 2. The van der Waals surface area contributed by atoms with Gasteiger partial charge in [-0.25, -0.2) is 0 Å². The molecule has 0 aromatic carbocycles. The van der Waals surface area contributed by atoms with Gasteiger partial charge in [0.1, 0.15) is 12.7 Å². The Hall–Kier alpha value is -1.59. The number of aliphatic imine (C=N–C) groups is 1. The molecule has 0 spiro atoms. The molecule has 1 aromatic heterocycles. The van der Waals surface area contributed by atoms with E-state index in [0.29, 0.717) is 6.04 Å². The average molecular weight is 306 g/mol. The van der Waals surface area contributed by atoms with Crippen molar-refractivity contribution in [2.24, 2.45) is 10.9 Å². The van der Waals surface area contributed by atoms with E-state index in [9.17, 15) is 0 Å². The van der Waals surface area contributed by atoms with Crippen LogP contribution in [0.3, 0.4) is 0 Å². The van der Waals surface area contributed by atoms with E-state index in [1.54, 1.807) is 12.7 Å². The van der Waals surface area contributed by atoms with Crippen molar-refractivity contribution in [1.29, 1.82) is 0 Å². The van der Waals surface area contributed by atoms with Gasteiger partial charge in [0.25, 0.3) is 0 Å². The SMILES string of the molecule is CCC1CCCC(NC(=NC)NCCCCn2cnnc2)C1. The first-order valence-electron chi connectivity index (χ1n) is 8.61. The molecule has 0 saturated heterocycles. The predicted molar refractivity (Wildman–Crippen MR) is 89.8 cm³/mol. The lowest BCUT2D eigenvalue weighted by Crippen LogP contribution is -2.45. The second kappa shape index (κ2) is 9.43. The van der Waals surface area contributed by atoms with Gasteiger partial charge >= 0.3 is 0 Å². The fourth-order valence-electron chi connectivity index (χ4n) is 3.14. The molecule has 6 heteroatoms. The van der Waals surface area contributed by atoms with Crippen LogP contribution in [0.5, 0.6) is 0 Å². The Morgan fingerprint density at radius 2 is 2.09 bits per heavy atom. The zero-order valence-corrected chi connectivity index (χ0v) is 14.0. The Morgan fingerprint density at radius 1 is 1.27 bits per heavy atom. The third-order valence-electron chi connectivity index (χ3n) is 4.53. The van der Waals surface area contributed by atoms with Crippen LogP contribution in [0.1, 0.15) is 51.9 Å². The van der Waals surface area contributed by atoms with Gasteiger partial charge in [-0.2, -0.15) is 0 Å². The summed E-state index contributed by atoms with van der Waals surface area (Å²) in [5.74, 6) is 1.83. The number of nitrogens with one attached hydrogen (secondary N) is 2. The Bertz CT molecular complexity index is 428. The molecular weight excluding hydrogens is 276 g/mol. The van der Waals surface area contributed by atoms with Gasteiger partial charge in [0, 0.05) is 26.2 Å². The quantitative estimate of drug-likeness (QED) is 0.460. The van der Waals surface area contributed by atoms with Crippen LogP contribution in [0.15, 0.2) is 17.6 Å². The molecule has 1 aliphatic rings. The number of aryl methyl sites for hydroxylation is 1. The maximum absolute atomic E-state index is 4.35. The van der Waals surface area contributed by atoms with Crippen molar-refractivity contribution < 1.29 is 0 Å². The highest BCUT2D eigenvalue weighted by Gasteiger charge is 2.21. The van der Waals surface area contributed by atoms with E-state index in [4.69, 9.17) is 0 Å². The molecule has 124 valence electrons. The molecule has 22 heavy (non-hydrogen) atoms. The molecule has 0 radical (unpaired) electrons. The molecule has 1 saturated carbocycles. The molecule has 1 heterocycles. The monoisotopic (exact) mass is 306 g/mol. The molecule has 2 unspecified atom stereocenters. The summed E-state index contributed by atoms with van der Waals surface area (Å²) in [4.78, 5) is 4.35. The maximum Gasteiger partial charge on any atom is 0.191 e. The second-order valence-electron chi connectivity index (χ2n) is 6.19. The van der Waals surface area contributed by atoms with Gasteiger partial charge < -0.3 is 15.2 Å². The molecule has 2 atom stereocenters. The summed E-state index contributed by atoms with van der Waals surface area (Å²) in [5.41, 5.74) is 0. The van der Waals surface area contributed by atoms with Crippen LogP contribution in [-0.4, -0.2) is 40.4 Å². The molecule has 6 nitrogen and oxygen atoms in total. The molecule has 1 aliphatic carbocycles. The number of unbranched alkanes of at least 4 members (excludes halogenated alkanes) is 1. The third kappa shape index (κ3) is 5.66. The molecule has 2 N–H and O–H groups in total. The zero-order chi connectivity index (χ0) is 15.6. The molecule has 0 aliphatic heterocycles.